The average molecular weight is 210 g/mol. The smallest absolute Gasteiger partial charge is 0.137 e. The highest BCUT2D eigenvalue weighted by molar-refractivity contribution is 5.82. The third-order valence-corrected chi connectivity index (χ3v) is 2.65. The van der Waals surface area contributed by atoms with Gasteiger partial charge in [-0.25, -0.2) is 0 Å². The minimum Gasteiger partial charge on any atom is -0.299 e. The maximum atomic E-state index is 12.1. The van der Waals surface area contributed by atoms with Crippen molar-refractivity contribution in [3.63, 3.8) is 0 Å². The predicted octanol–water partition coefficient (Wildman–Crippen LogP) is 4.23. The first-order valence-corrected chi connectivity index (χ1v) is 5.93. The first-order valence-electron chi connectivity index (χ1n) is 5.93. The Morgan fingerprint density at radius 2 is 1.80 bits per heavy atom. The SMILES string of the molecule is C/C=C/CC(C(=O)CC(C)C)C(C)(C)C. The van der Waals surface area contributed by atoms with Crippen LogP contribution in [0.25, 0.3) is 0 Å². The fourth-order valence-electron chi connectivity index (χ4n) is 1.78. The molecule has 0 aromatic heterocycles. The number of rotatable bonds is 5. The van der Waals surface area contributed by atoms with Gasteiger partial charge in [0.1, 0.15) is 5.78 Å². The van der Waals surface area contributed by atoms with Gasteiger partial charge >= 0.3 is 0 Å². The van der Waals surface area contributed by atoms with E-state index in [-0.39, 0.29) is 11.3 Å². The van der Waals surface area contributed by atoms with Crippen LogP contribution in [0.5, 0.6) is 0 Å². The molecule has 0 spiro atoms. The maximum Gasteiger partial charge on any atom is 0.137 e. The number of Topliss-reactive ketones (excluding diaryl/α,β-unsaturated/α-hetero) is 1. The van der Waals surface area contributed by atoms with Crippen LogP contribution < -0.4 is 0 Å². The molecule has 0 aliphatic carbocycles. The third-order valence-electron chi connectivity index (χ3n) is 2.65. The van der Waals surface area contributed by atoms with Crippen molar-refractivity contribution < 1.29 is 4.79 Å². The van der Waals surface area contributed by atoms with Gasteiger partial charge in [-0.1, -0.05) is 46.8 Å². The van der Waals surface area contributed by atoms with Crippen molar-refractivity contribution in [1.82, 2.24) is 0 Å². The van der Waals surface area contributed by atoms with Crippen molar-refractivity contribution in [2.24, 2.45) is 17.3 Å². The van der Waals surface area contributed by atoms with Gasteiger partial charge in [-0.3, -0.25) is 4.79 Å². The summed E-state index contributed by atoms with van der Waals surface area (Å²) in [5.41, 5.74) is 0.0749. The monoisotopic (exact) mass is 210 g/mol. The minimum absolute atomic E-state index is 0.0749. The molecule has 0 aromatic rings. The molecule has 0 aliphatic rings. The molecule has 0 aromatic carbocycles. The molecule has 0 saturated carbocycles. The van der Waals surface area contributed by atoms with Crippen molar-refractivity contribution in [3.8, 4) is 0 Å². The summed E-state index contributed by atoms with van der Waals surface area (Å²) in [7, 11) is 0. The Morgan fingerprint density at radius 1 is 1.27 bits per heavy atom. The van der Waals surface area contributed by atoms with E-state index in [4.69, 9.17) is 0 Å². The summed E-state index contributed by atoms with van der Waals surface area (Å²) in [6, 6.07) is 0. The van der Waals surface area contributed by atoms with Crippen LogP contribution in [0.4, 0.5) is 0 Å². The molecule has 1 unspecified atom stereocenters. The van der Waals surface area contributed by atoms with E-state index < -0.39 is 0 Å². The van der Waals surface area contributed by atoms with Gasteiger partial charge in [-0.15, -0.1) is 0 Å². The molecule has 0 N–H and O–H groups in total. The second-order valence-electron chi connectivity index (χ2n) is 5.79. The Hall–Kier alpha value is -0.590. The van der Waals surface area contributed by atoms with Gasteiger partial charge < -0.3 is 0 Å². The quantitative estimate of drug-likeness (QED) is 0.621. The van der Waals surface area contributed by atoms with Crippen LogP contribution in [0, 0.1) is 17.3 Å². The molecule has 0 aliphatic heterocycles. The molecule has 88 valence electrons. The van der Waals surface area contributed by atoms with Gasteiger partial charge in [-0.05, 0) is 24.7 Å². The largest absolute Gasteiger partial charge is 0.299 e. The van der Waals surface area contributed by atoms with Gasteiger partial charge in [0.2, 0.25) is 0 Å². The summed E-state index contributed by atoms with van der Waals surface area (Å²) in [6.45, 7) is 12.7. The summed E-state index contributed by atoms with van der Waals surface area (Å²) in [4.78, 5) is 12.1. The van der Waals surface area contributed by atoms with Crippen LogP contribution in [0.2, 0.25) is 0 Å². The molecule has 0 fully saturated rings. The van der Waals surface area contributed by atoms with Crippen molar-refractivity contribution >= 4 is 5.78 Å². The summed E-state index contributed by atoms with van der Waals surface area (Å²) in [6.07, 6.45) is 5.72. The van der Waals surface area contributed by atoms with Gasteiger partial charge in [0.15, 0.2) is 0 Å². The van der Waals surface area contributed by atoms with Crippen LogP contribution in [-0.2, 0) is 4.79 Å². The third kappa shape index (κ3) is 5.76. The Balaban J connectivity index is 4.56. The van der Waals surface area contributed by atoms with E-state index in [1.165, 1.54) is 0 Å². The summed E-state index contributed by atoms with van der Waals surface area (Å²) >= 11 is 0. The van der Waals surface area contributed by atoms with Crippen molar-refractivity contribution in [2.75, 3.05) is 0 Å². The van der Waals surface area contributed by atoms with Crippen molar-refractivity contribution in [2.45, 2.75) is 54.4 Å². The lowest BCUT2D eigenvalue weighted by atomic mass is 9.74. The molecular formula is C14H26O. The molecule has 0 amide bonds. The lowest BCUT2D eigenvalue weighted by molar-refractivity contribution is -0.126. The highest BCUT2D eigenvalue weighted by Crippen LogP contribution is 2.31. The Labute approximate surface area is 95.0 Å². The maximum absolute atomic E-state index is 12.1. The molecule has 0 rings (SSSR count). The summed E-state index contributed by atoms with van der Waals surface area (Å²) in [5, 5.41) is 0. The second kappa shape index (κ2) is 6.09. The van der Waals surface area contributed by atoms with Crippen molar-refractivity contribution in [1.29, 1.82) is 0 Å². The molecule has 0 radical (unpaired) electrons. The molecular weight excluding hydrogens is 184 g/mol. The molecule has 0 bridgehead atoms. The zero-order valence-corrected chi connectivity index (χ0v) is 11.1. The van der Waals surface area contributed by atoms with Gasteiger partial charge in [-0.2, -0.15) is 0 Å². The number of hydrogen-bond acceptors (Lipinski definition) is 1. The number of carbonyl (C=O) groups excluding carboxylic acids is 1. The summed E-state index contributed by atoms with van der Waals surface area (Å²) in [5.74, 6) is 1.04. The van der Waals surface area contributed by atoms with Crippen LogP contribution >= 0.6 is 0 Å². The van der Waals surface area contributed by atoms with Crippen LogP contribution in [0.3, 0.4) is 0 Å². The standard InChI is InChI=1S/C14H26O/c1-7-8-9-12(14(4,5)6)13(15)10-11(2)3/h7-8,11-12H,9-10H2,1-6H3/b8-7+. The molecule has 1 heteroatoms. The Kier molecular flexibility index (Phi) is 5.85. The fraction of sp³-hybridized carbons (Fsp3) is 0.786. The lowest BCUT2D eigenvalue weighted by Gasteiger charge is -2.29. The number of ketones is 1. The molecule has 15 heavy (non-hydrogen) atoms. The molecule has 0 saturated heterocycles. The van der Waals surface area contributed by atoms with E-state index in [0.717, 1.165) is 6.42 Å². The normalized spacial score (nSPS) is 14.9. The highest BCUT2D eigenvalue weighted by atomic mass is 16.1. The minimum atomic E-state index is 0.0749. The van der Waals surface area contributed by atoms with Gasteiger partial charge in [0.05, 0.1) is 0 Å². The molecule has 1 nitrogen and oxygen atoms in total. The van der Waals surface area contributed by atoms with Crippen LogP contribution in [-0.4, -0.2) is 5.78 Å². The van der Waals surface area contributed by atoms with E-state index in [2.05, 4.69) is 40.7 Å². The predicted molar refractivity (Wildman–Crippen MR) is 66.8 cm³/mol. The Bertz CT molecular complexity index is 218. The Morgan fingerprint density at radius 3 is 2.13 bits per heavy atom. The van der Waals surface area contributed by atoms with Gasteiger partial charge in [0.25, 0.3) is 0 Å². The average Bonchev–Trinajstić information content (AvgIpc) is 2.00. The van der Waals surface area contributed by atoms with E-state index >= 15 is 0 Å². The first kappa shape index (κ1) is 14.4. The van der Waals surface area contributed by atoms with Crippen molar-refractivity contribution in [3.05, 3.63) is 12.2 Å². The van der Waals surface area contributed by atoms with E-state index in [1.54, 1.807) is 0 Å². The number of hydrogen-bond donors (Lipinski definition) is 0. The second-order valence-corrected chi connectivity index (χ2v) is 5.79. The van der Waals surface area contributed by atoms with E-state index in [1.807, 2.05) is 13.0 Å². The van der Waals surface area contributed by atoms with Crippen LogP contribution in [0.1, 0.15) is 54.4 Å². The van der Waals surface area contributed by atoms with E-state index in [9.17, 15) is 4.79 Å². The zero-order valence-electron chi connectivity index (χ0n) is 11.1. The van der Waals surface area contributed by atoms with Crippen LogP contribution in [0.15, 0.2) is 12.2 Å². The molecule has 0 heterocycles. The lowest BCUT2D eigenvalue weighted by Crippen LogP contribution is -2.29. The molecule has 1 atom stereocenters. The summed E-state index contributed by atoms with van der Waals surface area (Å²) < 4.78 is 0. The fourth-order valence-corrected chi connectivity index (χ4v) is 1.78. The van der Waals surface area contributed by atoms with E-state index in [0.29, 0.717) is 18.1 Å². The highest BCUT2D eigenvalue weighted by Gasteiger charge is 2.29. The zero-order chi connectivity index (χ0) is 12.1. The number of allylic oxidation sites excluding steroid dienone is 2. The first-order chi connectivity index (χ1) is 6.79. The van der Waals surface area contributed by atoms with Gasteiger partial charge in [0, 0.05) is 12.3 Å². The number of carbonyl (C=O) groups is 1. The topological polar surface area (TPSA) is 17.1 Å².